The minimum atomic E-state index is 0.646. The average Bonchev–Trinajstić information content (AvgIpc) is 2.45. The standard InChI is InChI=1S/C17H29N3/c1-5-10-18-15-7-6-11-20(13-15)16-9-8-14(2)17(12-16)19(3)4/h8-9,12,15,18H,5-7,10-11,13H2,1-4H3. The minimum absolute atomic E-state index is 0.646. The van der Waals surface area contributed by atoms with Crippen molar-refractivity contribution in [3.05, 3.63) is 23.8 Å². The highest BCUT2D eigenvalue weighted by Gasteiger charge is 2.20. The molecular weight excluding hydrogens is 246 g/mol. The van der Waals surface area contributed by atoms with Crippen LogP contribution in [0.4, 0.5) is 11.4 Å². The van der Waals surface area contributed by atoms with Crippen LogP contribution in [0.1, 0.15) is 31.7 Å². The maximum Gasteiger partial charge on any atom is 0.0411 e. The van der Waals surface area contributed by atoms with E-state index in [4.69, 9.17) is 0 Å². The lowest BCUT2D eigenvalue weighted by atomic mass is 10.0. The summed E-state index contributed by atoms with van der Waals surface area (Å²) < 4.78 is 0. The number of nitrogens with one attached hydrogen (secondary N) is 1. The molecule has 0 amide bonds. The molecule has 1 saturated heterocycles. The maximum absolute atomic E-state index is 3.67. The van der Waals surface area contributed by atoms with Crippen molar-refractivity contribution in [3.63, 3.8) is 0 Å². The highest BCUT2D eigenvalue weighted by Crippen LogP contribution is 2.27. The summed E-state index contributed by atoms with van der Waals surface area (Å²) in [6.07, 6.45) is 3.81. The Morgan fingerprint density at radius 3 is 2.85 bits per heavy atom. The summed E-state index contributed by atoms with van der Waals surface area (Å²) in [6.45, 7) is 7.86. The number of anilines is 2. The van der Waals surface area contributed by atoms with Crippen molar-refractivity contribution in [2.75, 3.05) is 43.5 Å². The number of aryl methyl sites for hydroxylation is 1. The molecule has 0 bridgehead atoms. The molecule has 1 fully saturated rings. The van der Waals surface area contributed by atoms with Crippen LogP contribution in [0.25, 0.3) is 0 Å². The molecule has 0 radical (unpaired) electrons. The van der Waals surface area contributed by atoms with Gasteiger partial charge in [-0.15, -0.1) is 0 Å². The first-order valence-electron chi connectivity index (χ1n) is 7.88. The second-order valence-electron chi connectivity index (χ2n) is 6.10. The lowest BCUT2D eigenvalue weighted by molar-refractivity contribution is 0.423. The van der Waals surface area contributed by atoms with Crippen molar-refractivity contribution in [1.29, 1.82) is 0 Å². The molecule has 1 aromatic rings. The van der Waals surface area contributed by atoms with E-state index in [-0.39, 0.29) is 0 Å². The number of hydrogen-bond donors (Lipinski definition) is 1. The molecule has 1 aliphatic heterocycles. The Kier molecular flexibility index (Phi) is 5.30. The van der Waals surface area contributed by atoms with E-state index < -0.39 is 0 Å². The number of rotatable bonds is 5. The molecule has 3 heteroatoms. The van der Waals surface area contributed by atoms with E-state index >= 15 is 0 Å². The molecule has 1 aliphatic rings. The van der Waals surface area contributed by atoms with E-state index in [9.17, 15) is 0 Å². The van der Waals surface area contributed by atoms with Crippen molar-refractivity contribution in [3.8, 4) is 0 Å². The van der Waals surface area contributed by atoms with Gasteiger partial charge in [-0.1, -0.05) is 13.0 Å². The highest BCUT2D eigenvalue weighted by molar-refractivity contribution is 5.63. The predicted octanol–water partition coefficient (Wildman–Crippen LogP) is 3.03. The Morgan fingerprint density at radius 2 is 2.15 bits per heavy atom. The van der Waals surface area contributed by atoms with Crippen LogP contribution in [0.2, 0.25) is 0 Å². The topological polar surface area (TPSA) is 18.5 Å². The Bertz CT molecular complexity index is 428. The second kappa shape index (κ2) is 6.98. The molecule has 0 aliphatic carbocycles. The molecule has 0 saturated carbocycles. The average molecular weight is 275 g/mol. The Hall–Kier alpha value is -1.22. The lowest BCUT2D eigenvalue weighted by Gasteiger charge is -2.35. The van der Waals surface area contributed by atoms with Gasteiger partial charge in [0.15, 0.2) is 0 Å². The number of hydrogen-bond acceptors (Lipinski definition) is 3. The quantitative estimate of drug-likeness (QED) is 0.891. The van der Waals surface area contributed by atoms with Gasteiger partial charge >= 0.3 is 0 Å². The van der Waals surface area contributed by atoms with Crippen molar-refractivity contribution in [1.82, 2.24) is 5.32 Å². The molecule has 0 spiro atoms. The molecule has 1 unspecified atom stereocenters. The van der Waals surface area contributed by atoms with Gasteiger partial charge < -0.3 is 15.1 Å². The number of benzene rings is 1. The van der Waals surface area contributed by atoms with Crippen molar-refractivity contribution in [2.24, 2.45) is 0 Å². The van der Waals surface area contributed by atoms with Crippen LogP contribution in [-0.2, 0) is 0 Å². The number of piperidine rings is 1. The number of nitrogens with zero attached hydrogens (tertiary/aromatic N) is 2. The van der Waals surface area contributed by atoms with E-state index in [0.29, 0.717) is 6.04 Å². The van der Waals surface area contributed by atoms with Crippen LogP contribution in [0.3, 0.4) is 0 Å². The minimum Gasteiger partial charge on any atom is -0.377 e. The first kappa shape index (κ1) is 15.2. The van der Waals surface area contributed by atoms with Crippen LogP contribution >= 0.6 is 0 Å². The Balaban J connectivity index is 2.08. The van der Waals surface area contributed by atoms with Gasteiger partial charge in [0.25, 0.3) is 0 Å². The molecule has 1 aromatic carbocycles. The van der Waals surface area contributed by atoms with Crippen LogP contribution in [0.15, 0.2) is 18.2 Å². The lowest BCUT2D eigenvalue weighted by Crippen LogP contribution is -2.46. The largest absolute Gasteiger partial charge is 0.377 e. The molecular formula is C17H29N3. The molecule has 1 heterocycles. The zero-order valence-electron chi connectivity index (χ0n) is 13.4. The second-order valence-corrected chi connectivity index (χ2v) is 6.10. The summed E-state index contributed by atoms with van der Waals surface area (Å²) in [5, 5.41) is 3.67. The van der Waals surface area contributed by atoms with Crippen molar-refractivity contribution >= 4 is 11.4 Å². The summed E-state index contributed by atoms with van der Waals surface area (Å²) in [5.74, 6) is 0. The highest BCUT2D eigenvalue weighted by atomic mass is 15.2. The fraction of sp³-hybridized carbons (Fsp3) is 0.647. The summed E-state index contributed by atoms with van der Waals surface area (Å²) >= 11 is 0. The predicted molar refractivity (Wildman–Crippen MR) is 89.0 cm³/mol. The molecule has 2 rings (SSSR count). The maximum atomic E-state index is 3.67. The SMILES string of the molecule is CCCNC1CCCN(c2ccc(C)c(N(C)C)c2)C1. The van der Waals surface area contributed by atoms with Gasteiger partial charge in [0.1, 0.15) is 0 Å². The first-order valence-corrected chi connectivity index (χ1v) is 7.88. The van der Waals surface area contributed by atoms with E-state index in [1.54, 1.807) is 0 Å². The molecule has 0 aromatic heterocycles. The van der Waals surface area contributed by atoms with Gasteiger partial charge in [-0.2, -0.15) is 0 Å². The normalized spacial score (nSPS) is 19.2. The molecule has 3 nitrogen and oxygen atoms in total. The van der Waals surface area contributed by atoms with Gasteiger partial charge in [0.05, 0.1) is 0 Å². The Morgan fingerprint density at radius 1 is 1.35 bits per heavy atom. The third-order valence-electron chi connectivity index (χ3n) is 4.14. The van der Waals surface area contributed by atoms with Crippen LogP contribution in [0, 0.1) is 6.92 Å². The van der Waals surface area contributed by atoms with Gasteiger partial charge in [-0.3, -0.25) is 0 Å². The first-order chi connectivity index (χ1) is 9.61. The van der Waals surface area contributed by atoms with Gasteiger partial charge in [0.2, 0.25) is 0 Å². The third-order valence-corrected chi connectivity index (χ3v) is 4.14. The zero-order valence-corrected chi connectivity index (χ0v) is 13.4. The molecule has 1 N–H and O–H groups in total. The summed E-state index contributed by atoms with van der Waals surface area (Å²) in [5.41, 5.74) is 4.03. The smallest absolute Gasteiger partial charge is 0.0411 e. The zero-order chi connectivity index (χ0) is 14.5. The van der Waals surface area contributed by atoms with E-state index in [1.807, 2.05) is 0 Å². The summed E-state index contributed by atoms with van der Waals surface area (Å²) in [7, 11) is 4.24. The van der Waals surface area contributed by atoms with E-state index in [1.165, 1.54) is 42.7 Å². The third kappa shape index (κ3) is 3.66. The van der Waals surface area contributed by atoms with Gasteiger partial charge in [-0.05, 0) is 50.4 Å². The van der Waals surface area contributed by atoms with Crippen LogP contribution in [-0.4, -0.2) is 39.8 Å². The van der Waals surface area contributed by atoms with Crippen LogP contribution in [0.5, 0.6) is 0 Å². The fourth-order valence-corrected chi connectivity index (χ4v) is 3.00. The van der Waals surface area contributed by atoms with E-state index in [2.05, 4.69) is 61.3 Å². The van der Waals surface area contributed by atoms with E-state index in [0.717, 1.165) is 13.1 Å². The van der Waals surface area contributed by atoms with Crippen LogP contribution < -0.4 is 15.1 Å². The Labute approximate surface area is 124 Å². The monoisotopic (exact) mass is 275 g/mol. The fourth-order valence-electron chi connectivity index (χ4n) is 3.00. The van der Waals surface area contributed by atoms with Crippen molar-refractivity contribution in [2.45, 2.75) is 39.2 Å². The van der Waals surface area contributed by atoms with Gasteiger partial charge in [0, 0.05) is 44.6 Å². The van der Waals surface area contributed by atoms with Crippen molar-refractivity contribution < 1.29 is 0 Å². The summed E-state index contributed by atoms with van der Waals surface area (Å²) in [6, 6.07) is 7.49. The molecule has 20 heavy (non-hydrogen) atoms. The molecule has 1 atom stereocenters. The summed E-state index contributed by atoms with van der Waals surface area (Å²) in [4.78, 5) is 4.73. The van der Waals surface area contributed by atoms with Gasteiger partial charge in [-0.25, -0.2) is 0 Å². The molecule has 112 valence electrons.